The molecule has 4 aliphatic rings. The van der Waals surface area contributed by atoms with E-state index < -0.39 is 0 Å². The highest BCUT2D eigenvalue weighted by Crippen LogP contribution is 2.35. The van der Waals surface area contributed by atoms with Crippen molar-refractivity contribution in [3.63, 3.8) is 0 Å². The first-order valence-electron chi connectivity index (χ1n) is 10.5. The van der Waals surface area contributed by atoms with E-state index >= 15 is 0 Å². The molecule has 0 radical (unpaired) electrons. The van der Waals surface area contributed by atoms with Gasteiger partial charge in [-0.15, -0.1) is 0 Å². The molecule has 0 atom stereocenters. The first-order valence-corrected chi connectivity index (χ1v) is 10.5. The molecule has 0 bridgehead atoms. The van der Waals surface area contributed by atoms with Crippen molar-refractivity contribution >= 4 is 0 Å². The Bertz CT molecular complexity index is 425. The van der Waals surface area contributed by atoms with Gasteiger partial charge in [-0.25, -0.2) is 0 Å². The average Bonchev–Trinajstić information content (AvgIpc) is 2.59. The molecule has 144 valence electrons. The van der Waals surface area contributed by atoms with E-state index in [-0.39, 0.29) is 5.60 Å². The smallest absolute Gasteiger partial charge is 0.0833 e. The van der Waals surface area contributed by atoms with Gasteiger partial charge in [-0.1, -0.05) is 0 Å². The first-order chi connectivity index (χ1) is 12.2. The van der Waals surface area contributed by atoms with E-state index in [0.29, 0.717) is 6.10 Å². The largest absolute Gasteiger partial charge is 0.381 e. The second-order valence-electron chi connectivity index (χ2n) is 9.03. The summed E-state index contributed by atoms with van der Waals surface area (Å²) >= 11 is 0. The standard InChI is InChI=1S/C20H37N3O2/c1-21-7-3-17(4-8-21)15-22-9-5-20(6-10-22)16-23(11-12-25-20)18-13-19(14-18)24-2/h17-19H,3-16H2,1-2H3/t18-,19-. The molecule has 0 aromatic rings. The molecule has 4 rings (SSSR count). The van der Waals surface area contributed by atoms with Crippen molar-refractivity contribution < 1.29 is 9.47 Å². The lowest BCUT2D eigenvalue weighted by molar-refractivity contribution is -0.159. The summed E-state index contributed by atoms with van der Waals surface area (Å²) in [5, 5.41) is 0. The van der Waals surface area contributed by atoms with Gasteiger partial charge >= 0.3 is 0 Å². The van der Waals surface area contributed by atoms with Gasteiger partial charge in [-0.05, 0) is 64.6 Å². The van der Waals surface area contributed by atoms with Crippen LogP contribution in [0.25, 0.3) is 0 Å². The molecule has 25 heavy (non-hydrogen) atoms. The molecule has 5 nitrogen and oxygen atoms in total. The topological polar surface area (TPSA) is 28.2 Å². The summed E-state index contributed by atoms with van der Waals surface area (Å²) in [7, 11) is 4.10. The van der Waals surface area contributed by atoms with Gasteiger partial charge in [0.25, 0.3) is 0 Å². The number of rotatable bonds is 4. The summed E-state index contributed by atoms with van der Waals surface area (Å²) in [5.41, 5.74) is 0.139. The highest BCUT2D eigenvalue weighted by atomic mass is 16.5. The monoisotopic (exact) mass is 351 g/mol. The van der Waals surface area contributed by atoms with E-state index in [1.165, 1.54) is 71.2 Å². The Morgan fingerprint density at radius 2 is 1.76 bits per heavy atom. The van der Waals surface area contributed by atoms with E-state index in [0.717, 1.165) is 31.7 Å². The number of methoxy groups -OCH3 is 1. The second-order valence-corrected chi connectivity index (χ2v) is 9.03. The van der Waals surface area contributed by atoms with Gasteiger partial charge in [0.2, 0.25) is 0 Å². The van der Waals surface area contributed by atoms with Crippen LogP contribution < -0.4 is 0 Å². The minimum absolute atomic E-state index is 0.139. The predicted octanol–water partition coefficient (Wildman–Crippen LogP) is 1.67. The molecule has 1 spiro atoms. The Morgan fingerprint density at radius 1 is 1.04 bits per heavy atom. The number of ether oxygens (including phenoxy) is 2. The highest BCUT2D eigenvalue weighted by molar-refractivity contribution is 4.97. The van der Waals surface area contributed by atoms with Gasteiger partial charge in [0.05, 0.1) is 18.3 Å². The number of piperidine rings is 2. The molecule has 0 N–H and O–H groups in total. The molecular weight excluding hydrogens is 314 g/mol. The number of nitrogens with zero attached hydrogens (tertiary/aromatic N) is 3. The van der Waals surface area contributed by atoms with Gasteiger partial charge < -0.3 is 19.3 Å². The summed E-state index contributed by atoms with van der Waals surface area (Å²) in [6.07, 6.45) is 8.13. The number of likely N-dealkylation sites (tertiary alicyclic amines) is 2. The van der Waals surface area contributed by atoms with Gasteiger partial charge in [-0.3, -0.25) is 4.90 Å². The summed E-state index contributed by atoms with van der Waals surface area (Å²) in [4.78, 5) is 7.89. The maximum Gasteiger partial charge on any atom is 0.0833 e. The zero-order valence-electron chi connectivity index (χ0n) is 16.3. The SMILES string of the molecule is CO[C@H]1C[C@H](N2CCOC3(CCN(CC4CCN(C)CC4)CC3)C2)C1. The summed E-state index contributed by atoms with van der Waals surface area (Å²) < 4.78 is 11.8. The van der Waals surface area contributed by atoms with Crippen LogP contribution in [0.15, 0.2) is 0 Å². The third-order valence-corrected chi connectivity index (χ3v) is 7.32. The minimum atomic E-state index is 0.139. The van der Waals surface area contributed by atoms with Gasteiger partial charge in [0.15, 0.2) is 0 Å². The van der Waals surface area contributed by atoms with Gasteiger partial charge in [0.1, 0.15) is 0 Å². The molecule has 1 aliphatic carbocycles. The van der Waals surface area contributed by atoms with E-state index in [2.05, 4.69) is 21.7 Å². The molecule has 3 aliphatic heterocycles. The zero-order valence-corrected chi connectivity index (χ0v) is 16.3. The molecule has 0 aromatic carbocycles. The van der Waals surface area contributed by atoms with Crippen LogP contribution in [0.5, 0.6) is 0 Å². The van der Waals surface area contributed by atoms with Crippen molar-refractivity contribution in [3.05, 3.63) is 0 Å². The van der Waals surface area contributed by atoms with Crippen molar-refractivity contribution in [3.8, 4) is 0 Å². The number of hydrogen-bond acceptors (Lipinski definition) is 5. The Hall–Kier alpha value is -0.200. The van der Waals surface area contributed by atoms with Gasteiger partial charge in [0, 0.05) is 45.9 Å². The van der Waals surface area contributed by atoms with Gasteiger partial charge in [-0.2, -0.15) is 0 Å². The maximum absolute atomic E-state index is 6.35. The van der Waals surface area contributed by atoms with Crippen LogP contribution in [-0.4, -0.2) is 99.0 Å². The molecule has 1 saturated carbocycles. The Kier molecular flexibility index (Phi) is 5.68. The second kappa shape index (κ2) is 7.81. The summed E-state index contributed by atoms with van der Waals surface area (Å²) in [6.45, 7) is 9.51. The lowest BCUT2D eigenvalue weighted by Crippen LogP contribution is -2.61. The van der Waals surface area contributed by atoms with E-state index in [9.17, 15) is 0 Å². The van der Waals surface area contributed by atoms with Crippen molar-refractivity contribution in [2.45, 2.75) is 56.3 Å². The Labute approximate surface area is 153 Å². The summed E-state index contributed by atoms with van der Waals surface area (Å²) in [6, 6.07) is 0.739. The highest BCUT2D eigenvalue weighted by Gasteiger charge is 2.44. The van der Waals surface area contributed by atoms with Crippen molar-refractivity contribution in [1.29, 1.82) is 0 Å². The Balaban J connectivity index is 1.23. The third-order valence-electron chi connectivity index (χ3n) is 7.32. The van der Waals surface area contributed by atoms with Crippen molar-refractivity contribution in [2.24, 2.45) is 5.92 Å². The molecular formula is C20H37N3O2. The molecule has 5 heteroatoms. The van der Waals surface area contributed by atoms with Crippen LogP contribution in [0.3, 0.4) is 0 Å². The fourth-order valence-electron chi connectivity index (χ4n) is 5.27. The predicted molar refractivity (Wildman–Crippen MR) is 100.0 cm³/mol. The van der Waals surface area contributed by atoms with Crippen molar-refractivity contribution in [1.82, 2.24) is 14.7 Å². The maximum atomic E-state index is 6.35. The molecule has 4 fully saturated rings. The molecule has 3 saturated heterocycles. The lowest BCUT2D eigenvalue weighted by Gasteiger charge is -2.52. The van der Waals surface area contributed by atoms with Crippen LogP contribution >= 0.6 is 0 Å². The number of hydrogen-bond donors (Lipinski definition) is 0. The first kappa shape index (κ1) is 18.2. The van der Waals surface area contributed by atoms with Crippen LogP contribution in [0, 0.1) is 5.92 Å². The lowest BCUT2D eigenvalue weighted by atomic mass is 9.83. The fourth-order valence-corrected chi connectivity index (χ4v) is 5.27. The third kappa shape index (κ3) is 4.22. The van der Waals surface area contributed by atoms with E-state index in [1.54, 1.807) is 0 Å². The zero-order chi connectivity index (χ0) is 17.3. The van der Waals surface area contributed by atoms with Crippen LogP contribution in [-0.2, 0) is 9.47 Å². The molecule has 0 amide bonds. The molecule has 0 aromatic heterocycles. The molecule has 3 heterocycles. The quantitative estimate of drug-likeness (QED) is 0.768. The van der Waals surface area contributed by atoms with Crippen LogP contribution in [0.1, 0.15) is 38.5 Å². The molecule has 0 unspecified atom stereocenters. The Morgan fingerprint density at radius 3 is 2.44 bits per heavy atom. The fraction of sp³-hybridized carbons (Fsp3) is 1.00. The normalized spacial score (nSPS) is 35.8. The van der Waals surface area contributed by atoms with Crippen LogP contribution in [0.2, 0.25) is 0 Å². The van der Waals surface area contributed by atoms with E-state index in [4.69, 9.17) is 9.47 Å². The average molecular weight is 352 g/mol. The van der Waals surface area contributed by atoms with Crippen molar-refractivity contribution in [2.75, 3.05) is 66.6 Å². The summed E-state index contributed by atoms with van der Waals surface area (Å²) in [5.74, 6) is 0.912. The van der Waals surface area contributed by atoms with E-state index in [1.807, 2.05) is 7.11 Å². The minimum Gasteiger partial charge on any atom is -0.381 e. The van der Waals surface area contributed by atoms with Crippen LogP contribution in [0.4, 0.5) is 0 Å². The number of morpholine rings is 1.